The molecule has 3 unspecified atom stereocenters. The van der Waals surface area contributed by atoms with Gasteiger partial charge >= 0.3 is 0 Å². The predicted molar refractivity (Wildman–Crippen MR) is 125 cm³/mol. The predicted octanol–water partition coefficient (Wildman–Crippen LogP) is 6.66. The van der Waals surface area contributed by atoms with Crippen LogP contribution in [0.1, 0.15) is 92.9 Å². The molecule has 2 aliphatic rings. The van der Waals surface area contributed by atoms with Crippen molar-refractivity contribution in [2.45, 2.75) is 116 Å². The first kappa shape index (κ1) is 24.8. The fraction of sp³-hybridized carbons (Fsp3) is 0.880. The Morgan fingerprint density at radius 3 is 2.14 bits per heavy atom. The molecule has 0 saturated heterocycles. The maximum atomic E-state index is 12.5. The highest BCUT2D eigenvalue weighted by molar-refractivity contribution is 6.77. The Kier molecular flexibility index (Phi) is 9.62. The summed E-state index contributed by atoms with van der Waals surface area (Å²) in [7, 11) is -1.80. The molecule has 3 atom stereocenters. The van der Waals surface area contributed by atoms with Crippen molar-refractivity contribution in [1.82, 2.24) is 0 Å². The van der Waals surface area contributed by atoms with Gasteiger partial charge in [-0.2, -0.15) is 0 Å². The monoisotopic (exact) mass is 422 g/mol. The van der Waals surface area contributed by atoms with Gasteiger partial charge in [0.1, 0.15) is 5.78 Å². The number of hydrogen-bond donors (Lipinski definition) is 1. The molecular weight excluding hydrogens is 376 g/mol. The summed E-state index contributed by atoms with van der Waals surface area (Å²) in [5.41, 5.74) is 1.82. The van der Waals surface area contributed by atoms with E-state index in [2.05, 4.69) is 53.7 Å². The lowest BCUT2D eigenvalue weighted by atomic mass is 9.77. The van der Waals surface area contributed by atoms with Crippen LogP contribution in [0, 0.1) is 17.8 Å². The number of ketones is 1. The normalized spacial score (nSPS) is 25.8. The smallest absolute Gasteiger partial charge is 0.200 e. The van der Waals surface area contributed by atoms with Crippen LogP contribution in [0.25, 0.3) is 0 Å². The minimum Gasteiger partial charge on any atom is -0.416 e. The van der Waals surface area contributed by atoms with Crippen LogP contribution in [-0.2, 0) is 9.22 Å². The minimum atomic E-state index is -1.80. The highest BCUT2D eigenvalue weighted by atomic mass is 28.4. The molecule has 29 heavy (non-hydrogen) atoms. The van der Waals surface area contributed by atoms with Crippen LogP contribution in [0.5, 0.6) is 0 Å². The van der Waals surface area contributed by atoms with E-state index in [-0.39, 0.29) is 17.6 Å². The lowest BCUT2D eigenvalue weighted by Gasteiger charge is -2.42. The zero-order valence-electron chi connectivity index (χ0n) is 19.8. The van der Waals surface area contributed by atoms with Crippen LogP contribution >= 0.6 is 0 Å². The van der Waals surface area contributed by atoms with Crippen LogP contribution in [-0.4, -0.2) is 31.9 Å². The Morgan fingerprint density at radius 1 is 1.00 bits per heavy atom. The first-order valence-corrected chi connectivity index (χ1v) is 14.4. The van der Waals surface area contributed by atoms with E-state index in [9.17, 15) is 9.90 Å². The second-order valence-electron chi connectivity index (χ2n) is 10.5. The number of hydrogen-bond acceptors (Lipinski definition) is 3. The molecule has 2 fully saturated rings. The summed E-state index contributed by atoms with van der Waals surface area (Å²) in [6.07, 6.45) is 12.3. The Bertz CT molecular complexity index is 512. The topological polar surface area (TPSA) is 46.5 Å². The molecule has 0 bridgehead atoms. The van der Waals surface area contributed by atoms with E-state index in [4.69, 9.17) is 4.43 Å². The van der Waals surface area contributed by atoms with E-state index in [1.54, 1.807) is 0 Å². The average Bonchev–Trinajstić information content (AvgIpc) is 3.04. The van der Waals surface area contributed by atoms with Gasteiger partial charge in [0.15, 0.2) is 8.32 Å². The van der Waals surface area contributed by atoms with Crippen LogP contribution in [0.15, 0.2) is 12.2 Å². The summed E-state index contributed by atoms with van der Waals surface area (Å²) in [5, 5.41) is 10.9. The number of allylic oxidation sites excluding steroid dienone is 1. The van der Waals surface area contributed by atoms with Crippen molar-refractivity contribution in [3.8, 4) is 0 Å². The van der Waals surface area contributed by atoms with Crippen LogP contribution in [0.2, 0.25) is 16.6 Å². The second kappa shape index (κ2) is 11.2. The van der Waals surface area contributed by atoms with Crippen LogP contribution in [0.3, 0.4) is 0 Å². The lowest BCUT2D eigenvalue weighted by Crippen LogP contribution is -2.47. The van der Waals surface area contributed by atoms with Crippen molar-refractivity contribution in [3.63, 3.8) is 0 Å². The first-order chi connectivity index (χ1) is 13.7. The highest BCUT2D eigenvalue weighted by Crippen LogP contribution is 2.42. The Morgan fingerprint density at radius 2 is 1.59 bits per heavy atom. The van der Waals surface area contributed by atoms with Crippen molar-refractivity contribution in [2.75, 3.05) is 6.61 Å². The van der Waals surface area contributed by atoms with Crippen LogP contribution < -0.4 is 0 Å². The third-order valence-electron chi connectivity index (χ3n) is 7.78. The van der Waals surface area contributed by atoms with Gasteiger partial charge in [0.05, 0.1) is 12.0 Å². The molecule has 4 heteroatoms. The van der Waals surface area contributed by atoms with E-state index in [0.29, 0.717) is 29.0 Å². The molecule has 0 aromatic heterocycles. The van der Waals surface area contributed by atoms with E-state index in [1.807, 2.05) is 0 Å². The van der Waals surface area contributed by atoms with Crippen LogP contribution in [0.4, 0.5) is 0 Å². The number of aliphatic hydroxyl groups excluding tert-OH is 1. The number of aliphatic hydroxyl groups is 1. The van der Waals surface area contributed by atoms with Gasteiger partial charge in [-0.3, -0.25) is 4.79 Å². The lowest BCUT2D eigenvalue weighted by molar-refractivity contribution is -0.126. The fourth-order valence-corrected chi connectivity index (χ4v) is 11.9. The maximum Gasteiger partial charge on any atom is 0.200 e. The molecule has 0 amide bonds. The molecular formula is C25H46O3Si. The molecule has 2 saturated carbocycles. The Balaban J connectivity index is 1.92. The van der Waals surface area contributed by atoms with E-state index in [0.717, 1.165) is 32.3 Å². The van der Waals surface area contributed by atoms with Crippen molar-refractivity contribution in [2.24, 2.45) is 17.8 Å². The number of carbonyl (C=O) groups excluding carboxylic acids is 1. The summed E-state index contributed by atoms with van der Waals surface area (Å²) in [4.78, 5) is 12.5. The van der Waals surface area contributed by atoms with Crippen molar-refractivity contribution < 1.29 is 14.3 Å². The van der Waals surface area contributed by atoms with Crippen molar-refractivity contribution in [3.05, 3.63) is 12.2 Å². The molecule has 0 aliphatic heterocycles. The van der Waals surface area contributed by atoms with Gasteiger partial charge < -0.3 is 9.53 Å². The standard InChI is InChI=1S/C25H46O3Si/c1-18(2)29(19(3)4,20(5)6)28-17-11-10-12-21-15-16-23(26)24(21)25(27)22-13-8-7-9-14-22/h10,12,18-22,24-25,27H,7-9,11,13-17H2,1-6H3. The molecule has 0 aromatic rings. The zero-order valence-corrected chi connectivity index (χ0v) is 20.8. The van der Waals surface area contributed by atoms with Gasteiger partial charge in [-0.1, -0.05) is 73.0 Å². The molecule has 0 heterocycles. The van der Waals surface area contributed by atoms with Gasteiger partial charge in [0, 0.05) is 13.0 Å². The Labute approximate surface area is 180 Å². The molecule has 2 rings (SSSR count). The molecule has 1 N–H and O–H groups in total. The van der Waals surface area contributed by atoms with Gasteiger partial charge in [-0.15, -0.1) is 0 Å². The van der Waals surface area contributed by atoms with E-state index >= 15 is 0 Å². The van der Waals surface area contributed by atoms with E-state index in [1.165, 1.54) is 19.3 Å². The largest absolute Gasteiger partial charge is 0.416 e. The Hall–Kier alpha value is -0.453. The van der Waals surface area contributed by atoms with Crippen molar-refractivity contribution in [1.29, 1.82) is 0 Å². The third-order valence-corrected chi connectivity index (χ3v) is 13.9. The number of Topliss-reactive ketones (excluding diaryl/α,β-unsaturated/α-hetero) is 1. The molecule has 168 valence electrons. The second-order valence-corrected chi connectivity index (χ2v) is 15.9. The van der Waals surface area contributed by atoms with Gasteiger partial charge in [-0.25, -0.2) is 0 Å². The fourth-order valence-electron chi connectivity index (χ4n) is 6.40. The molecule has 3 nitrogen and oxygen atoms in total. The van der Waals surface area contributed by atoms with Gasteiger partial charge in [-0.05, 0) is 54.1 Å². The quantitative estimate of drug-likeness (QED) is 0.243. The summed E-state index contributed by atoms with van der Waals surface area (Å²) in [6, 6.07) is 0. The zero-order chi connectivity index (χ0) is 21.6. The highest BCUT2D eigenvalue weighted by Gasteiger charge is 2.45. The third kappa shape index (κ3) is 5.83. The minimum absolute atomic E-state index is 0.175. The molecule has 0 aromatic carbocycles. The van der Waals surface area contributed by atoms with Gasteiger partial charge in [0.2, 0.25) is 0 Å². The first-order valence-electron chi connectivity index (χ1n) is 12.2. The number of rotatable bonds is 10. The summed E-state index contributed by atoms with van der Waals surface area (Å²) in [5.74, 6) is 0.636. The molecule has 0 radical (unpaired) electrons. The van der Waals surface area contributed by atoms with E-state index < -0.39 is 14.4 Å². The number of carbonyl (C=O) groups is 1. The summed E-state index contributed by atoms with van der Waals surface area (Å²) in [6.45, 7) is 14.7. The van der Waals surface area contributed by atoms with Gasteiger partial charge in [0.25, 0.3) is 0 Å². The molecule has 0 spiro atoms. The molecule has 2 aliphatic carbocycles. The van der Waals surface area contributed by atoms with Crippen molar-refractivity contribution >= 4 is 14.1 Å². The summed E-state index contributed by atoms with van der Waals surface area (Å²) < 4.78 is 6.64. The maximum absolute atomic E-state index is 12.5. The SMILES string of the molecule is CC(C)[Si](OCCC=CC1CCC(=O)C1C(O)C1CCCCC1)(C(C)C)C(C)C. The average molecular weight is 423 g/mol. The summed E-state index contributed by atoms with van der Waals surface area (Å²) >= 11 is 0.